The van der Waals surface area contributed by atoms with Crippen LogP contribution in [0.25, 0.3) is 0 Å². The van der Waals surface area contributed by atoms with Gasteiger partial charge in [0.2, 0.25) is 0 Å². The lowest BCUT2D eigenvalue weighted by molar-refractivity contribution is 0.0467. The molecule has 1 N–H and O–H groups in total. The SMILES string of the molecule is C[C@@H](COC(=O)c1ccccc1)NC1CCCC1. The highest BCUT2D eigenvalue weighted by atomic mass is 16.5. The highest BCUT2D eigenvalue weighted by molar-refractivity contribution is 5.89. The van der Waals surface area contributed by atoms with E-state index in [0.29, 0.717) is 18.2 Å². The van der Waals surface area contributed by atoms with Crippen LogP contribution in [0, 0.1) is 0 Å². The molecule has 0 heterocycles. The predicted molar refractivity (Wildman–Crippen MR) is 71.6 cm³/mol. The van der Waals surface area contributed by atoms with Crippen molar-refractivity contribution in [1.82, 2.24) is 5.32 Å². The number of hydrogen-bond acceptors (Lipinski definition) is 3. The van der Waals surface area contributed by atoms with Gasteiger partial charge in [-0.25, -0.2) is 4.79 Å². The highest BCUT2D eigenvalue weighted by Gasteiger charge is 2.17. The van der Waals surface area contributed by atoms with E-state index in [0.717, 1.165) is 0 Å². The van der Waals surface area contributed by atoms with Gasteiger partial charge in [-0.05, 0) is 31.9 Å². The molecule has 1 atom stereocenters. The minimum absolute atomic E-state index is 0.223. The minimum atomic E-state index is -0.240. The molecule has 1 aromatic carbocycles. The maximum atomic E-state index is 11.7. The van der Waals surface area contributed by atoms with Crippen molar-refractivity contribution < 1.29 is 9.53 Å². The van der Waals surface area contributed by atoms with Crippen LogP contribution in [0.15, 0.2) is 30.3 Å². The summed E-state index contributed by atoms with van der Waals surface area (Å²) in [7, 11) is 0. The van der Waals surface area contributed by atoms with Gasteiger partial charge in [0.05, 0.1) is 5.56 Å². The third-order valence-corrected chi connectivity index (χ3v) is 3.35. The maximum Gasteiger partial charge on any atom is 0.338 e. The maximum absolute atomic E-state index is 11.7. The third-order valence-electron chi connectivity index (χ3n) is 3.35. The molecular weight excluding hydrogens is 226 g/mol. The van der Waals surface area contributed by atoms with Crippen molar-refractivity contribution in [3.63, 3.8) is 0 Å². The number of nitrogens with one attached hydrogen (secondary N) is 1. The summed E-state index contributed by atoms with van der Waals surface area (Å²) in [5, 5.41) is 3.51. The van der Waals surface area contributed by atoms with E-state index in [2.05, 4.69) is 12.2 Å². The molecular formula is C15H21NO2. The average molecular weight is 247 g/mol. The summed E-state index contributed by atoms with van der Waals surface area (Å²) in [4.78, 5) is 11.7. The topological polar surface area (TPSA) is 38.3 Å². The second-order valence-corrected chi connectivity index (χ2v) is 5.01. The van der Waals surface area contributed by atoms with Gasteiger partial charge in [0.25, 0.3) is 0 Å². The van der Waals surface area contributed by atoms with Crippen LogP contribution in [0.4, 0.5) is 0 Å². The van der Waals surface area contributed by atoms with E-state index >= 15 is 0 Å². The van der Waals surface area contributed by atoms with Gasteiger partial charge in [0.1, 0.15) is 6.61 Å². The van der Waals surface area contributed by atoms with Crippen molar-refractivity contribution in [2.75, 3.05) is 6.61 Å². The number of benzene rings is 1. The number of esters is 1. The summed E-state index contributed by atoms with van der Waals surface area (Å²) in [6.07, 6.45) is 5.12. The standard InChI is InChI=1S/C15H21NO2/c1-12(16-14-9-5-6-10-14)11-18-15(17)13-7-3-2-4-8-13/h2-4,7-8,12,14,16H,5-6,9-11H2,1H3/t12-/m0/s1. The van der Waals surface area contributed by atoms with Gasteiger partial charge in [-0.15, -0.1) is 0 Å². The first kappa shape index (κ1) is 13.1. The molecule has 1 fully saturated rings. The van der Waals surface area contributed by atoms with Crippen molar-refractivity contribution >= 4 is 5.97 Å². The van der Waals surface area contributed by atoms with Crippen LogP contribution in [-0.2, 0) is 4.74 Å². The Kier molecular flexibility index (Phi) is 4.76. The first-order valence-corrected chi connectivity index (χ1v) is 6.74. The van der Waals surface area contributed by atoms with Crippen molar-refractivity contribution in [3.05, 3.63) is 35.9 Å². The molecule has 0 spiro atoms. The lowest BCUT2D eigenvalue weighted by Gasteiger charge is -2.19. The fourth-order valence-corrected chi connectivity index (χ4v) is 2.40. The van der Waals surface area contributed by atoms with Gasteiger partial charge in [-0.2, -0.15) is 0 Å². The Morgan fingerprint density at radius 1 is 1.33 bits per heavy atom. The zero-order valence-electron chi connectivity index (χ0n) is 10.9. The Morgan fingerprint density at radius 3 is 2.67 bits per heavy atom. The largest absolute Gasteiger partial charge is 0.460 e. The number of carbonyl (C=O) groups excluding carboxylic acids is 1. The summed E-state index contributed by atoms with van der Waals surface area (Å²) in [5.41, 5.74) is 0.616. The van der Waals surface area contributed by atoms with E-state index in [1.165, 1.54) is 25.7 Å². The Morgan fingerprint density at radius 2 is 2.00 bits per heavy atom. The van der Waals surface area contributed by atoms with E-state index in [1.54, 1.807) is 12.1 Å². The molecule has 0 unspecified atom stereocenters. The van der Waals surface area contributed by atoms with E-state index in [9.17, 15) is 4.79 Å². The quantitative estimate of drug-likeness (QED) is 0.813. The van der Waals surface area contributed by atoms with Gasteiger partial charge < -0.3 is 10.1 Å². The molecule has 0 saturated heterocycles. The molecule has 1 aliphatic rings. The van der Waals surface area contributed by atoms with Crippen LogP contribution >= 0.6 is 0 Å². The molecule has 0 aliphatic heterocycles. The first-order chi connectivity index (χ1) is 8.75. The normalized spacial score (nSPS) is 17.6. The van der Waals surface area contributed by atoms with Crippen molar-refractivity contribution in [2.45, 2.75) is 44.7 Å². The average Bonchev–Trinajstić information content (AvgIpc) is 2.90. The zero-order valence-corrected chi connectivity index (χ0v) is 10.9. The van der Waals surface area contributed by atoms with Crippen LogP contribution < -0.4 is 5.32 Å². The molecule has 0 bridgehead atoms. The van der Waals surface area contributed by atoms with E-state index in [4.69, 9.17) is 4.74 Å². The number of ether oxygens (including phenoxy) is 1. The fourth-order valence-electron chi connectivity index (χ4n) is 2.40. The van der Waals surface area contributed by atoms with Crippen LogP contribution in [0.1, 0.15) is 43.0 Å². The lowest BCUT2D eigenvalue weighted by atomic mass is 10.2. The van der Waals surface area contributed by atoms with Gasteiger partial charge in [0.15, 0.2) is 0 Å². The molecule has 0 radical (unpaired) electrons. The van der Waals surface area contributed by atoms with Crippen LogP contribution in [-0.4, -0.2) is 24.7 Å². The molecule has 1 aromatic rings. The van der Waals surface area contributed by atoms with E-state index < -0.39 is 0 Å². The van der Waals surface area contributed by atoms with E-state index in [1.807, 2.05) is 18.2 Å². The Balaban J connectivity index is 1.72. The molecule has 1 aliphatic carbocycles. The Bertz CT molecular complexity index is 371. The third kappa shape index (κ3) is 3.84. The molecule has 3 nitrogen and oxygen atoms in total. The molecule has 18 heavy (non-hydrogen) atoms. The second kappa shape index (κ2) is 6.55. The highest BCUT2D eigenvalue weighted by Crippen LogP contribution is 2.18. The van der Waals surface area contributed by atoms with Crippen molar-refractivity contribution in [1.29, 1.82) is 0 Å². The van der Waals surface area contributed by atoms with Crippen molar-refractivity contribution in [3.8, 4) is 0 Å². The minimum Gasteiger partial charge on any atom is -0.460 e. The van der Waals surface area contributed by atoms with E-state index in [-0.39, 0.29) is 12.0 Å². The van der Waals surface area contributed by atoms with Crippen LogP contribution in [0.2, 0.25) is 0 Å². The molecule has 2 rings (SSSR count). The lowest BCUT2D eigenvalue weighted by Crippen LogP contribution is -2.38. The smallest absolute Gasteiger partial charge is 0.338 e. The first-order valence-electron chi connectivity index (χ1n) is 6.74. The Labute approximate surface area is 109 Å². The van der Waals surface area contributed by atoms with Crippen LogP contribution in [0.5, 0.6) is 0 Å². The fraction of sp³-hybridized carbons (Fsp3) is 0.533. The summed E-state index contributed by atoms with van der Waals surface area (Å²) in [5.74, 6) is -0.240. The molecule has 3 heteroatoms. The van der Waals surface area contributed by atoms with Gasteiger partial charge in [-0.3, -0.25) is 0 Å². The van der Waals surface area contributed by atoms with Crippen molar-refractivity contribution in [2.24, 2.45) is 0 Å². The number of carbonyl (C=O) groups is 1. The molecule has 98 valence electrons. The van der Waals surface area contributed by atoms with Gasteiger partial charge >= 0.3 is 5.97 Å². The Hall–Kier alpha value is -1.35. The van der Waals surface area contributed by atoms with Gasteiger partial charge in [0, 0.05) is 12.1 Å². The predicted octanol–water partition coefficient (Wildman–Crippen LogP) is 2.76. The number of hydrogen-bond donors (Lipinski definition) is 1. The summed E-state index contributed by atoms with van der Waals surface area (Å²) in [6, 6.07) is 9.96. The summed E-state index contributed by atoms with van der Waals surface area (Å²) in [6.45, 7) is 2.50. The second-order valence-electron chi connectivity index (χ2n) is 5.01. The monoisotopic (exact) mass is 247 g/mol. The summed E-state index contributed by atoms with van der Waals surface area (Å²) < 4.78 is 5.30. The molecule has 1 saturated carbocycles. The molecule has 0 amide bonds. The van der Waals surface area contributed by atoms with Crippen LogP contribution in [0.3, 0.4) is 0 Å². The molecule has 0 aromatic heterocycles. The number of rotatable bonds is 5. The zero-order chi connectivity index (χ0) is 12.8. The summed E-state index contributed by atoms with van der Waals surface area (Å²) >= 11 is 0. The van der Waals surface area contributed by atoms with Gasteiger partial charge in [-0.1, -0.05) is 31.0 Å².